The van der Waals surface area contributed by atoms with Crippen molar-refractivity contribution >= 4 is 17.6 Å². The van der Waals surface area contributed by atoms with Gasteiger partial charge in [0.1, 0.15) is 0 Å². The average molecular weight is 313 g/mol. The molecule has 0 aliphatic heterocycles. The summed E-state index contributed by atoms with van der Waals surface area (Å²) in [5.74, 6) is -0.569. The van der Waals surface area contributed by atoms with Crippen LogP contribution >= 0.6 is 0 Å². The summed E-state index contributed by atoms with van der Waals surface area (Å²) >= 11 is 0. The number of hydrogen-bond acceptors (Lipinski definition) is 5. The first-order chi connectivity index (χ1) is 11.1. The molecule has 1 heterocycles. The minimum atomic E-state index is -0.372. The van der Waals surface area contributed by atoms with Crippen molar-refractivity contribution in [3.8, 4) is 0 Å². The van der Waals surface area contributed by atoms with Crippen molar-refractivity contribution in [3.05, 3.63) is 54.0 Å². The van der Waals surface area contributed by atoms with Crippen LogP contribution in [-0.4, -0.2) is 53.9 Å². The van der Waals surface area contributed by atoms with Crippen molar-refractivity contribution in [2.75, 3.05) is 32.5 Å². The predicted octanol–water partition coefficient (Wildman–Crippen LogP) is 1.02. The van der Waals surface area contributed by atoms with Crippen molar-refractivity contribution in [2.45, 2.75) is 0 Å². The van der Waals surface area contributed by atoms with Crippen LogP contribution < -0.4 is 10.6 Å². The summed E-state index contributed by atoms with van der Waals surface area (Å²) in [5.41, 5.74) is 0.577. The summed E-state index contributed by atoms with van der Waals surface area (Å²) < 4.78 is 0. The lowest BCUT2D eigenvalue weighted by Crippen LogP contribution is -2.32. The highest BCUT2D eigenvalue weighted by Crippen LogP contribution is 2.10. The number of nitrogens with one attached hydrogen (secondary N) is 2. The number of nitrogens with zero attached hydrogens (tertiary/aromatic N) is 3. The summed E-state index contributed by atoms with van der Waals surface area (Å²) in [7, 11) is 3.83. The first-order valence-corrected chi connectivity index (χ1v) is 7.18. The van der Waals surface area contributed by atoms with Gasteiger partial charge in [-0.25, -0.2) is 9.97 Å². The number of amides is 2. The van der Waals surface area contributed by atoms with E-state index in [1.807, 2.05) is 25.1 Å². The lowest BCUT2D eigenvalue weighted by Gasteiger charge is -2.12. The Morgan fingerprint density at radius 2 is 1.74 bits per heavy atom. The average Bonchev–Trinajstić information content (AvgIpc) is 2.55. The van der Waals surface area contributed by atoms with Crippen molar-refractivity contribution in [2.24, 2.45) is 0 Å². The highest BCUT2D eigenvalue weighted by Gasteiger charge is 2.16. The number of likely N-dealkylation sites (N-methyl/N-ethyl adjacent to an activating group) is 1. The second kappa shape index (κ2) is 8.00. The molecule has 0 aliphatic rings. The van der Waals surface area contributed by atoms with Crippen LogP contribution in [0.5, 0.6) is 0 Å². The zero-order chi connectivity index (χ0) is 16.7. The minimum Gasteiger partial charge on any atom is -0.349 e. The Morgan fingerprint density at radius 3 is 2.43 bits per heavy atom. The van der Waals surface area contributed by atoms with E-state index in [0.29, 0.717) is 18.7 Å². The van der Waals surface area contributed by atoms with Gasteiger partial charge in [-0.2, -0.15) is 0 Å². The van der Waals surface area contributed by atoms with Gasteiger partial charge in [-0.15, -0.1) is 0 Å². The van der Waals surface area contributed by atoms with E-state index in [0.717, 1.165) is 0 Å². The van der Waals surface area contributed by atoms with E-state index in [-0.39, 0.29) is 23.3 Å². The van der Waals surface area contributed by atoms with E-state index in [4.69, 9.17) is 0 Å². The number of carbonyl (C=O) groups excluding carboxylic acids is 2. The van der Waals surface area contributed by atoms with Gasteiger partial charge in [0.25, 0.3) is 11.8 Å². The Bertz CT molecular complexity index is 673. The molecule has 2 aromatic rings. The van der Waals surface area contributed by atoms with Crippen molar-refractivity contribution in [3.63, 3.8) is 0 Å². The summed E-state index contributed by atoms with van der Waals surface area (Å²) in [6.45, 7) is 1.19. The number of benzene rings is 1. The first kappa shape index (κ1) is 16.6. The predicted molar refractivity (Wildman–Crippen MR) is 87.3 cm³/mol. The number of anilines is 1. The Balaban J connectivity index is 2.08. The fourth-order valence-electron chi connectivity index (χ4n) is 1.84. The maximum Gasteiger partial charge on any atom is 0.273 e. The summed E-state index contributed by atoms with van der Waals surface area (Å²) in [6.07, 6.45) is 2.84. The van der Waals surface area contributed by atoms with Crippen LogP contribution in [0.4, 0.5) is 5.82 Å². The van der Waals surface area contributed by atoms with E-state index in [1.54, 1.807) is 24.3 Å². The zero-order valence-corrected chi connectivity index (χ0v) is 13.1. The van der Waals surface area contributed by atoms with Gasteiger partial charge in [0.2, 0.25) is 0 Å². The lowest BCUT2D eigenvalue weighted by molar-refractivity contribution is 0.0946. The maximum atomic E-state index is 12.2. The van der Waals surface area contributed by atoms with E-state index in [2.05, 4.69) is 20.6 Å². The smallest absolute Gasteiger partial charge is 0.273 e. The quantitative estimate of drug-likeness (QED) is 0.831. The monoisotopic (exact) mass is 313 g/mol. The summed E-state index contributed by atoms with van der Waals surface area (Å²) in [5, 5.41) is 5.37. The van der Waals surface area contributed by atoms with Crippen molar-refractivity contribution in [1.82, 2.24) is 20.2 Å². The van der Waals surface area contributed by atoms with E-state index in [9.17, 15) is 9.59 Å². The van der Waals surface area contributed by atoms with Crippen LogP contribution in [-0.2, 0) is 0 Å². The molecule has 0 spiro atoms. The van der Waals surface area contributed by atoms with E-state index >= 15 is 0 Å². The lowest BCUT2D eigenvalue weighted by atomic mass is 10.2. The van der Waals surface area contributed by atoms with Crippen LogP contribution in [0.2, 0.25) is 0 Å². The van der Waals surface area contributed by atoms with Gasteiger partial charge in [-0.1, -0.05) is 18.2 Å². The third-order valence-electron chi connectivity index (χ3n) is 3.03. The normalized spacial score (nSPS) is 10.4. The molecule has 0 aliphatic carbocycles. The number of rotatable bonds is 6. The minimum absolute atomic E-state index is 0.0931. The van der Waals surface area contributed by atoms with Crippen LogP contribution in [0.1, 0.15) is 20.8 Å². The van der Waals surface area contributed by atoms with E-state index < -0.39 is 0 Å². The van der Waals surface area contributed by atoms with Crippen LogP contribution in [0.3, 0.4) is 0 Å². The standard InChI is InChI=1S/C16H19N5O2/c1-21(2)11-10-19-16(23)13-14(18-9-8-17-13)20-15(22)12-6-4-3-5-7-12/h3-9H,10-11H2,1-2H3,(H,19,23)(H,18,20,22). The molecule has 0 radical (unpaired) electrons. The summed E-state index contributed by atoms with van der Waals surface area (Å²) in [4.78, 5) is 34.4. The molecule has 0 saturated heterocycles. The second-order valence-corrected chi connectivity index (χ2v) is 5.13. The molecule has 0 unspecified atom stereocenters. The van der Waals surface area contributed by atoms with Gasteiger partial charge in [0.05, 0.1) is 0 Å². The third kappa shape index (κ3) is 4.86. The molecule has 0 bridgehead atoms. The van der Waals surface area contributed by atoms with Gasteiger partial charge in [-0.3, -0.25) is 9.59 Å². The fourth-order valence-corrected chi connectivity index (χ4v) is 1.84. The van der Waals surface area contributed by atoms with Gasteiger partial charge < -0.3 is 15.5 Å². The Labute approximate surface area is 134 Å². The molecule has 23 heavy (non-hydrogen) atoms. The largest absolute Gasteiger partial charge is 0.349 e. The van der Waals surface area contributed by atoms with Crippen LogP contribution in [0.25, 0.3) is 0 Å². The third-order valence-corrected chi connectivity index (χ3v) is 3.03. The van der Waals surface area contributed by atoms with Crippen LogP contribution in [0.15, 0.2) is 42.7 Å². The van der Waals surface area contributed by atoms with Crippen LogP contribution in [0, 0.1) is 0 Å². The SMILES string of the molecule is CN(C)CCNC(=O)c1nccnc1NC(=O)c1ccccc1. The number of aromatic nitrogens is 2. The molecule has 120 valence electrons. The van der Waals surface area contributed by atoms with Gasteiger partial charge >= 0.3 is 0 Å². The molecule has 0 fully saturated rings. The first-order valence-electron chi connectivity index (χ1n) is 7.18. The molecule has 1 aromatic carbocycles. The summed E-state index contributed by atoms with van der Waals surface area (Å²) in [6, 6.07) is 8.72. The molecule has 7 heteroatoms. The van der Waals surface area contributed by atoms with Gasteiger partial charge in [0.15, 0.2) is 11.5 Å². The Kier molecular flexibility index (Phi) is 5.76. The van der Waals surface area contributed by atoms with Crippen molar-refractivity contribution < 1.29 is 9.59 Å². The topological polar surface area (TPSA) is 87.2 Å². The Hall–Kier alpha value is -2.80. The van der Waals surface area contributed by atoms with Crippen molar-refractivity contribution in [1.29, 1.82) is 0 Å². The molecule has 1 aromatic heterocycles. The number of hydrogen-bond donors (Lipinski definition) is 2. The molecule has 2 amide bonds. The molecule has 2 N–H and O–H groups in total. The highest BCUT2D eigenvalue weighted by molar-refractivity contribution is 6.07. The van der Waals surface area contributed by atoms with Gasteiger partial charge in [-0.05, 0) is 26.2 Å². The second-order valence-electron chi connectivity index (χ2n) is 5.13. The number of carbonyl (C=O) groups is 2. The zero-order valence-electron chi connectivity index (χ0n) is 13.1. The molecule has 7 nitrogen and oxygen atoms in total. The molecule has 2 rings (SSSR count). The molecule has 0 atom stereocenters. The maximum absolute atomic E-state index is 12.2. The highest BCUT2D eigenvalue weighted by atomic mass is 16.2. The fraction of sp³-hybridized carbons (Fsp3) is 0.250. The van der Waals surface area contributed by atoms with Gasteiger partial charge in [0, 0.05) is 31.0 Å². The molecule has 0 saturated carbocycles. The van der Waals surface area contributed by atoms with E-state index in [1.165, 1.54) is 12.4 Å². The molecular formula is C16H19N5O2. The Morgan fingerprint density at radius 1 is 1.04 bits per heavy atom. The molecular weight excluding hydrogens is 294 g/mol.